The predicted molar refractivity (Wildman–Crippen MR) is 79.6 cm³/mol. The molecule has 0 heterocycles. The van der Waals surface area contributed by atoms with Crippen molar-refractivity contribution in [2.24, 2.45) is 0 Å². The number of carbonyl (C=O) groups is 2. The van der Waals surface area contributed by atoms with Gasteiger partial charge in [-0.3, -0.25) is 4.79 Å². The summed E-state index contributed by atoms with van der Waals surface area (Å²) in [7, 11) is 0. The van der Waals surface area contributed by atoms with E-state index in [-0.39, 0.29) is 18.5 Å². The van der Waals surface area contributed by atoms with E-state index in [4.69, 9.17) is 28.3 Å². The van der Waals surface area contributed by atoms with Gasteiger partial charge < -0.3 is 15.7 Å². The highest BCUT2D eigenvalue weighted by Crippen LogP contribution is 2.24. The summed E-state index contributed by atoms with van der Waals surface area (Å²) in [6.45, 7) is 1.82. The van der Waals surface area contributed by atoms with Gasteiger partial charge in [0.15, 0.2) is 0 Å². The van der Waals surface area contributed by atoms with E-state index in [0.29, 0.717) is 28.6 Å². The van der Waals surface area contributed by atoms with Crippen LogP contribution in [0.1, 0.15) is 26.2 Å². The number of aliphatic carboxylic acids is 1. The molecule has 0 aliphatic heterocycles. The minimum atomic E-state index is -0.836. The van der Waals surface area contributed by atoms with E-state index in [9.17, 15) is 9.59 Å². The first-order valence-corrected chi connectivity index (χ1v) is 6.88. The Bertz CT molecular complexity index is 495. The SMILES string of the molecule is CC(CCCC(=O)O)NC(=O)Nc1ccc(Cl)c(Cl)c1. The first kappa shape index (κ1) is 16.6. The van der Waals surface area contributed by atoms with Crippen molar-refractivity contribution in [3.05, 3.63) is 28.2 Å². The van der Waals surface area contributed by atoms with Crippen molar-refractivity contribution in [3.63, 3.8) is 0 Å². The van der Waals surface area contributed by atoms with Gasteiger partial charge in [0.25, 0.3) is 0 Å². The lowest BCUT2D eigenvalue weighted by atomic mass is 10.1. The van der Waals surface area contributed by atoms with Crippen LogP contribution in [-0.2, 0) is 4.79 Å². The maximum atomic E-state index is 11.7. The number of carboxylic acid groups (broad SMARTS) is 1. The highest BCUT2D eigenvalue weighted by atomic mass is 35.5. The fourth-order valence-electron chi connectivity index (χ4n) is 1.60. The number of hydrogen-bond donors (Lipinski definition) is 3. The van der Waals surface area contributed by atoms with Gasteiger partial charge in [-0.25, -0.2) is 4.79 Å². The van der Waals surface area contributed by atoms with Gasteiger partial charge in [0.2, 0.25) is 0 Å². The molecule has 0 bridgehead atoms. The predicted octanol–water partition coefficient (Wildman–Crippen LogP) is 3.76. The fourth-order valence-corrected chi connectivity index (χ4v) is 1.89. The molecule has 1 atom stereocenters. The fraction of sp³-hybridized carbons (Fsp3) is 0.385. The van der Waals surface area contributed by atoms with E-state index >= 15 is 0 Å². The summed E-state index contributed by atoms with van der Waals surface area (Å²) in [6, 6.07) is 4.31. The van der Waals surface area contributed by atoms with Gasteiger partial charge in [0.1, 0.15) is 0 Å². The van der Waals surface area contributed by atoms with Crippen LogP contribution < -0.4 is 10.6 Å². The monoisotopic (exact) mass is 318 g/mol. The lowest BCUT2D eigenvalue weighted by Gasteiger charge is -2.14. The molecule has 3 N–H and O–H groups in total. The molecular formula is C13H16Cl2N2O3. The van der Waals surface area contributed by atoms with E-state index in [0.717, 1.165) is 0 Å². The van der Waals surface area contributed by atoms with Crippen LogP contribution in [0.4, 0.5) is 10.5 Å². The number of amides is 2. The maximum absolute atomic E-state index is 11.7. The number of benzene rings is 1. The van der Waals surface area contributed by atoms with Crippen molar-refractivity contribution < 1.29 is 14.7 Å². The van der Waals surface area contributed by atoms with Crippen LogP contribution in [0.15, 0.2) is 18.2 Å². The third-order valence-electron chi connectivity index (χ3n) is 2.58. The van der Waals surface area contributed by atoms with Crippen molar-refractivity contribution in [3.8, 4) is 0 Å². The topological polar surface area (TPSA) is 78.4 Å². The zero-order chi connectivity index (χ0) is 15.1. The second kappa shape index (κ2) is 7.97. The molecule has 1 rings (SSSR count). The first-order valence-electron chi connectivity index (χ1n) is 6.13. The van der Waals surface area contributed by atoms with E-state index in [2.05, 4.69) is 10.6 Å². The van der Waals surface area contributed by atoms with Crippen molar-refractivity contribution in [1.82, 2.24) is 5.32 Å². The molecule has 0 saturated heterocycles. The zero-order valence-electron chi connectivity index (χ0n) is 11.0. The van der Waals surface area contributed by atoms with Crippen LogP contribution in [0.25, 0.3) is 0 Å². The van der Waals surface area contributed by atoms with Gasteiger partial charge in [0, 0.05) is 18.2 Å². The molecule has 0 spiro atoms. The van der Waals surface area contributed by atoms with Crippen molar-refractivity contribution in [2.45, 2.75) is 32.2 Å². The van der Waals surface area contributed by atoms with Crippen molar-refractivity contribution in [1.29, 1.82) is 0 Å². The number of nitrogens with one attached hydrogen (secondary N) is 2. The summed E-state index contributed by atoms with van der Waals surface area (Å²) in [4.78, 5) is 22.1. The zero-order valence-corrected chi connectivity index (χ0v) is 12.5. The largest absolute Gasteiger partial charge is 0.481 e. The molecule has 1 aromatic rings. The lowest BCUT2D eigenvalue weighted by molar-refractivity contribution is -0.137. The second-order valence-corrected chi connectivity index (χ2v) is 5.23. The van der Waals surface area contributed by atoms with Gasteiger partial charge >= 0.3 is 12.0 Å². The molecule has 0 saturated carbocycles. The average Bonchev–Trinajstić information content (AvgIpc) is 2.33. The third-order valence-corrected chi connectivity index (χ3v) is 3.32. The average molecular weight is 319 g/mol. The van der Waals surface area contributed by atoms with Gasteiger partial charge in [-0.15, -0.1) is 0 Å². The third kappa shape index (κ3) is 6.12. The molecule has 1 aromatic carbocycles. The summed E-state index contributed by atoms with van der Waals surface area (Å²) in [5.74, 6) is -0.836. The summed E-state index contributed by atoms with van der Waals surface area (Å²) < 4.78 is 0. The Morgan fingerprint density at radius 2 is 2.00 bits per heavy atom. The molecule has 0 fully saturated rings. The molecule has 20 heavy (non-hydrogen) atoms. The quantitative estimate of drug-likeness (QED) is 0.747. The number of hydrogen-bond acceptors (Lipinski definition) is 2. The van der Waals surface area contributed by atoms with Crippen molar-refractivity contribution >= 4 is 40.9 Å². The number of halogens is 2. The van der Waals surface area contributed by atoms with Crippen LogP contribution in [0.3, 0.4) is 0 Å². The Labute approximate surface area is 127 Å². The maximum Gasteiger partial charge on any atom is 0.319 e. The minimum absolute atomic E-state index is 0.0977. The standard InChI is InChI=1S/C13H16Cl2N2O3/c1-8(3-2-4-12(18)19)16-13(20)17-9-5-6-10(14)11(15)7-9/h5-8H,2-4H2,1H3,(H,18,19)(H2,16,17,20). The number of carboxylic acids is 1. The van der Waals surface area contributed by atoms with Gasteiger partial charge in [-0.2, -0.15) is 0 Å². The molecule has 7 heteroatoms. The van der Waals surface area contributed by atoms with E-state index < -0.39 is 5.97 Å². The Morgan fingerprint density at radius 3 is 2.60 bits per heavy atom. The van der Waals surface area contributed by atoms with Crippen LogP contribution in [-0.4, -0.2) is 23.1 Å². The van der Waals surface area contributed by atoms with Crippen LogP contribution in [0, 0.1) is 0 Å². The van der Waals surface area contributed by atoms with Crippen LogP contribution in [0.5, 0.6) is 0 Å². The summed E-state index contributed by atoms with van der Waals surface area (Å²) in [5, 5.41) is 14.7. The Hall–Kier alpha value is -1.46. The lowest BCUT2D eigenvalue weighted by Crippen LogP contribution is -2.36. The number of rotatable bonds is 6. The molecule has 1 unspecified atom stereocenters. The van der Waals surface area contributed by atoms with Crippen LogP contribution >= 0.6 is 23.2 Å². The first-order chi connectivity index (χ1) is 9.38. The molecule has 110 valence electrons. The minimum Gasteiger partial charge on any atom is -0.481 e. The Balaban J connectivity index is 2.38. The van der Waals surface area contributed by atoms with Crippen molar-refractivity contribution in [2.75, 3.05) is 5.32 Å². The number of urea groups is 1. The molecule has 0 aliphatic carbocycles. The molecule has 0 aromatic heterocycles. The molecule has 5 nitrogen and oxygen atoms in total. The van der Waals surface area contributed by atoms with E-state index in [1.54, 1.807) is 18.2 Å². The summed E-state index contributed by atoms with van der Waals surface area (Å²) >= 11 is 11.6. The molecule has 2 amide bonds. The Kier molecular flexibility index (Phi) is 6.61. The highest BCUT2D eigenvalue weighted by molar-refractivity contribution is 6.42. The van der Waals surface area contributed by atoms with Gasteiger partial charge in [-0.1, -0.05) is 23.2 Å². The molecule has 0 aliphatic rings. The van der Waals surface area contributed by atoms with E-state index in [1.807, 2.05) is 6.92 Å². The van der Waals surface area contributed by atoms with Crippen LogP contribution in [0.2, 0.25) is 10.0 Å². The van der Waals surface area contributed by atoms with Gasteiger partial charge in [-0.05, 0) is 38.0 Å². The summed E-state index contributed by atoms with van der Waals surface area (Å²) in [5.41, 5.74) is 0.537. The second-order valence-electron chi connectivity index (χ2n) is 4.41. The van der Waals surface area contributed by atoms with Gasteiger partial charge in [0.05, 0.1) is 10.0 Å². The smallest absolute Gasteiger partial charge is 0.319 e. The number of carbonyl (C=O) groups excluding carboxylic acids is 1. The molecule has 0 radical (unpaired) electrons. The summed E-state index contributed by atoms with van der Waals surface area (Å²) in [6.07, 6.45) is 1.21. The number of anilines is 1. The molecular weight excluding hydrogens is 303 g/mol. The van der Waals surface area contributed by atoms with E-state index in [1.165, 1.54) is 0 Å². The normalized spacial score (nSPS) is 11.8. The Morgan fingerprint density at radius 1 is 1.30 bits per heavy atom. The highest BCUT2D eigenvalue weighted by Gasteiger charge is 2.09.